The highest BCUT2D eigenvalue weighted by Gasteiger charge is 2.47. The molecule has 0 saturated carbocycles. The summed E-state index contributed by atoms with van der Waals surface area (Å²) in [6, 6.07) is 38.9. The predicted molar refractivity (Wildman–Crippen MR) is 508 cm³/mol. The Bertz CT molecular complexity index is 5520. The first-order valence-electron chi connectivity index (χ1n) is 44.2. The minimum atomic E-state index is -1.74. The summed E-state index contributed by atoms with van der Waals surface area (Å²) in [7, 11) is 4.05. The summed E-state index contributed by atoms with van der Waals surface area (Å²) in [5, 5.41) is 61.3. The molecule has 8 aromatic rings. The van der Waals surface area contributed by atoms with Gasteiger partial charge in [0.15, 0.2) is 5.71 Å². The minimum Gasteiger partial charge on any atom is -0.394 e. The second-order valence-electron chi connectivity index (χ2n) is 34.3. The average molecular weight is 1810 g/mol. The molecule has 2 unspecified atom stereocenters. The molecule has 2 saturated heterocycles. The number of thioether (sulfide) groups is 1. The molecule has 12 rings (SSSR count). The fourth-order valence-corrected chi connectivity index (χ4v) is 20.8. The van der Waals surface area contributed by atoms with Gasteiger partial charge in [-0.3, -0.25) is 57.6 Å². The van der Waals surface area contributed by atoms with Crippen LogP contribution in [-0.4, -0.2) is 223 Å². The average Bonchev–Trinajstić information content (AvgIpc) is 1.58. The predicted octanol–water partition coefficient (Wildman–Crippen LogP) is 8.09. The van der Waals surface area contributed by atoms with E-state index in [1.807, 2.05) is 18.2 Å². The van der Waals surface area contributed by atoms with Crippen molar-refractivity contribution in [2.45, 2.75) is 195 Å². The van der Waals surface area contributed by atoms with Crippen molar-refractivity contribution in [3.8, 4) is 0 Å². The van der Waals surface area contributed by atoms with E-state index in [0.29, 0.717) is 36.0 Å². The Morgan fingerprint density at radius 3 is 1.97 bits per heavy atom. The van der Waals surface area contributed by atoms with Crippen molar-refractivity contribution in [2.24, 2.45) is 5.73 Å². The van der Waals surface area contributed by atoms with E-state index in [1.54, 1.807) is 72.9 Å². The van der Waals surface area contributed by atoms with Crippen molar-refractivity contribution >= 4 is 148 Å². The largest absolute Gasteiger partial charge is 0.394 e. The molecule has 0 radical (unpaired) electrons. The van der Waals surface area contributed by atoms with Gasteiger partial charge in [0, 0.05) is 134 Å². The van der Waals surface area contributed by atoms with E-state index in [1.165, 1.54) is 69.3 Å². The van der Waals surface area contributed by atoms with Gasteiger partial charge in [-0.15, -0.1) is 11.8 Å². The number of carbonyl (C=O) groups excluding carboxylic acids is 11. The van der Waals surface area contributed by atoms with Crippen LogP contribution >= 0.6 is 33.3 Å². The van der Waals surface area contributed by atoms with E-state index >= 15 is 19.2 Å². The van der Waals surface area contributed by atoms with Gasteiger partial charge in [0.05, 0.1) is 35.5 Å². The number of aromatic amines is 1. The number of imide groups is 1. The third kappa shape index (κ3) is 24.4. The van der Waals surface area contributed by atoms with Gasteiger partial charge in [-0.05, 0) is 134 Å². The number of carbonyl (C=O) groups is 11. The second kappa shape index (κ2) is 45.2. The maximum Gasteiger partial charge on any atom is 0.245 e. The highest BCUT2D eigenvalue weighted by molar-refractivity contribution is 8.76. The monoisotopic (exact) mass is 1810 g/mol. The number of nitrogens with one attached hydrogen (secondary N) is 10. The number of para-hydroxylation sites is 1. The van der Waals surface area contributed by atoms with Crippen LogP contribution < -0.4 is 58.5 Å². The van der Waals surface area contributed by atoms with Gasteiger partial charge in [-0.25, -0.2) is 0 Å². The Balaban J connectivity index is 0.687. The minimum absolute atomic E-state index is 0.0216. The van der Waals surface area contributed by atoms with Crippen LogP contribution in [0.15, 0.2) is 200 Å². The zero-order chi connectivity index (χ0) is 92.1. The Morgan fingerprint density at radius 2 is 1.27 bits per heavy atom. The smallest absolute Gasteiger partial charge is 0.245 e. The van der Waals surface area contributed by atoms with Gasteiger partial charge in [0.1, 0.15) is 48.8 Å². The Kier molecular flexibility index (Phi) is 33.9. The number of H-pyrrole nitrogens is 1. The van der Waals surface area contributed by atoms with E-state index in [-0.39, 0.29) is 98.6 Å². The quantitative estimate of drug-likeness (QED) is 0.00595. The topological polar surface area (TPSA) is 408 Å². The van der Waals surface area contributed by atoms with Gasteiger partial charge in [0.25, 0.3) is 0 Å². The summed E-state index contributed by atoms with van der Waals surface area (Å²) in [6.45, 7) is 12.0. The van der Waals surface area contributed by atoms with Crippen molar-refractivity contribution in [1.82, 2.24) is 57.7 Å². The van der Waals surface area contributed by atoms with Crippen LogP contribution in [0.4, 0.5) is 11.4 Å². The second-order valence-corrected chi connectivity index (χ2v) is 38.2. The van der Waals surface area contributed by atoms with Crippen LogP contribution in [0.2, 0.25) is 0 Å². The van der Waals surface area contributed by atoms with Gasteiger partial charge >= 0.3 is 0 Å². The molecule has 4 aliphatic heterocycles. The third-order valence-electron chi connectivity index (χ3n) is 24.3. The number of likely N-dealkylation sites (N-methyl/N-ethyl adjacent to an activating group) is 1. The zero-order valence-electron chi connectivity index (χ0n) is 73.9. The Hall–Kier alpha value is -11.5. The van der Waals surface area contributed by atoms with E-state index < -0.39 is 131 Å². The number of rotatable bonds is 34. The first-order chi connectivity index (χ1) is 62.0. The fourth-order valence-electron chi connectivity index (χ4n) is 17.4. The number of anilines is 1. The molecule has 5 heterocycles. The van der Waals surface area contributed by atoms with E-state index in [0.717, 1.165) is 68.5 Å². The number of likely N-dealkylation sites (tertiary alicyclic amines) is 1. The number of unbranched alkanes of at least 4 members (excludes halogenated alkanes) is 3. The number of aliphatic hydroxyl groups is 3. The number of fused-ring (bicyclic) bond motifs is 7. The molecule has 0 bridgehead atoms. The zero-order valence-corrected chi connectivity index (χ0v) is 76.4. The van der Waals surface area contributed by atoms with Gasteiger partial charge in [-0.1, -0.05) is 187 Å². The number of allylic oxidation sites excluding steroid dienone is 6. The summed E-state index contributed by atoms with van der Waals surface area (Å²) in [5.74, 6) is -8.50. The molecule has 129 heavy (non-hydrogen) atoms. The van der Waals surface area contributed by atoms with Gasteiger partial charge in [0.2, 0.25) is 70.7 Å². The maximum absolute atomic E-state index is 15.3. The number of aromatic nitrogens is 1. The van der Waals surface area contributed by atoms with Crippen molar-refractivity contribution in [3.05, 3.63) is 228 Å². The van der Waals surface area contributed by atoms with Crippen molar-refractivity contribution < 1.29 is 72.6 Å². The molecule has 31 heteroatoms. The van der Waals surface area contributed by atoms with Crippen molar-refractivity contribution in [3.63, 3.8) is 0 Å². The van der Waals surface area contributed by atoms with Crippen molar-refractivity contribution in [1.29, 1.82) is 0 Å². The Morgan fingerprint density at radius 1 is 0.636 bits per heavy atom. The molecular weight excluding hydrogens is 1690 g/mol. The van der Waals surface area contributed by atoms with E-state index in [2.05, 4.69) is 200 Å². The SMILES string of the molecule is C[C@@H](O)[C@@H]1NC(=O)[C@H](CCCCN)NC(=O)[C@@H](Cc2c[nH]c3ccccc23)NC(=O)[C@H](Cc2ccccc2)NC(=O)[C@@H](NC(=O)[C@@H](Cc2ccccc2)NC(=O)CCSC2CC(=O)N(CCNC(=O)CCCCC[N+]3=C(/C=C/C=C/C=C4/N(C)c5ccc6ccccc6c5C4(C)C)C(C)(C)c4c3ccc3ccccc43)C2=O)CSSCC(C(=O)N[C@H](CO)[C@@H](C)O)NC1=O. The first-order valence-corrected chi connectivity index (χ1v) is 47.8. The lowest BCUT2D eigenvalue weighted by Crippen LogP contribution is -2.62. The summed E-state index contributed by atoms with van der Waals surface area (Å²) in [4.78, 5) is 166. The van der Waals surface area contributed by atoms with Crippen molar-refractivity contribution in [2.75, 3.05) is 62.0 Å². The number of nitrogens with zero attached hydrogens (tertiary/aromatic N) is 3. The molecular formula is C98H119N14O14S3+. The van der Waals surface area contributed by atoms with Crippen LogP contribution in [0.1, 0.15) is 127 Å². The number of amides is 11. The lowest BCUT2D eigenvalue weighted by atomic mass is 9.79. The van der Waals surface area contributed by atoms with E-state index in [4.69, 9.17) is 5.73 Å². The summed E-state index contributed by atoms with van der Waals surface area (Å²) < 4.78 is 2.42. The van der Waals surface area contributed by atoms with Crippen LogP contribution in [-0.2, 0) is 82.8 Å². The molecule has 11 amide bonds. The molecule has 15 N–H and O–H groups in total. The summed E-state index contributed by atoms with van der Waals surface area (Å²) in [6.07, 6.45) is 12.0. The molecule has 28 nitrogen and oxygen atoms in total. The molecule has 7 aromatic carbocycles. The van der Waals surface area contributed by atoms with Gasteiger partial charge < -0.3 is 78.8 Å². The number of benzene rings is 7. The van der Waals surface area contributed by atoms with Crippen LogP contribution in [0.5, 0.6) is 0 Å². The summed E-state index contributed by atoms with van der Waals surface area (Å²) in [5.41, 5.74) is 15.2. The number of nitrogens with two attached hydrogens (primary N) is 1. The standard InChI is InChI=1S/C98H118N14O14S3/c1-60(114)75(57-113)106-94(124)77-59-129-128-58-76(93(123)104-73(53-63-30-14-9-15-31-63)91(121)105-74(54-66-56-101-70-37-24-23-34-67(66)70)92(122)103-71(38-25-26-47-99)89(119)109-88(61(2)115)95(125)108-77)107-90(120)72(52-62-28-12-8-13-29-62)102-84(117)46-51-127-80-55-85(118)112(96(80)126)50-48-100-83(116)41-18-11-27-49-111-79-45-43-65-33-20-22-36-69(65)87(79)98(5,6)82(111)40-17-10-16-39-81-97(3,4)86-68-35-21-19-32-64(68)42-44-78(86)110(81)7/h8-10,12-17,19-24,28-37,39-40,42-45,56,60-61,71-77,80,88,101,113-115H,11,18,25-27,38,41,46-55,57-59,99H2,1-7H3,(H8-,100,102,103,104,105,106,107,108,109,116,117,119,120,121,122,123,124,125)/p+1/t60-,61-,71+,72-,73+,74-,75-,76+,77?,80?,88+/m1/s1. The fraction of sp³-hybridized carbons (Fsp3) is 0.408. The molecule has 11 atom stereocenters. The normalized spacial score (nSPS) is 21.3. The number of aliphatic hydroxyl groups excluding tert-OH is 3. The number of hydrogen-bond acceptors (Lipinski definition) is 19. The van der Waals surface area contributed by atoms with Gasteiger partial charge in [-0.2, -0.15) is 4.58 Å². The third-order valence-corrected chi connectivity index (χ3v) is 28.0. The molecule has 2 fully saturated rings. The lowest BCUT2D eigenvalue weighted by Gasteiger charge is -2.29. The lowest BCUT2D eigenvalue weighted by molar-refractivity contribution is -0.438. The maximum atomic E-state index is 15.3. The number of hydrogen-bond donors (Lipinski definition) is 14. The highest BCUT2D eigenvalue weighted by atomic mass is 33.1. The molecule has 4 aliphatic rings. The molecule has 0 aliphatic carbocycles. The van der Waals surface area contributed by atoms with Crippen LogP contribution in [0.3, 0.4) is 0 Å². The van der Waals surface area contributed by atoms with Crippen LogP contribution in [0.25, 0.3) is 32.4 Å². The summed E-state index contributed by atoms with van der Waals surface area (Å²) >= 11 is 1.11. The molecule has 682 valence electrons. The van der Waals surface area contributed by atoms with E-state index in [9.17, 15) is 48.9 Å². The Labute approximate surface area is 764 Å². The highest BCUT2D eigenvalue weighted by Crippen LogP contribution is 2.50. The molecule has 0 spiro atoms. The first kappa shape index (κ1) is 96.6. The molecule has 1 aromatic heterocycles. The van der Waals surface area contributed by atoms with Crippen LogP contribution in [0, 0.1) is 0 Å².